The van der Waals surface area contributed by atoms with Gasteiger partial charge in [-0.3, -0.25) is 14.6 Å². The molecule has 3 heterocycles. The van der Waals surface area contributed by atoms with E-state index >= 15 is 0 Å². The van der Waals surface area contributed by atoms with E-state index in [4.69, 9.17) is 4.74 Å². The summed E-state index contributed by atoms with van der Waals surface area (Å²) in [7, 11) is 1.75. The summed E-state index contributed by atoms with van der Waals surface area (Å²) >= 11 is 0. The fourth-order valence-corrected chi connectivity index (χ4v) is 4.37. The van der Waals surface area contributed by atoms with Crippen LogP contribution in [0.25, 0.3) is 12.2 Å². The number of carbonyl (C=O) groups is 2. The maximum Gasteiger partial charge on any atom is 0.259 e. The van der Waals surface area contributed by atoms with E-state index < -0.39 is 6.10 Å². The molecule has 38 heavy (non-hydrogen) atoms. The van der Waals surface area contributed by atoms with E-state index in [1.807, 2.05) is 68.5 Å². The quantitative estimate of drug-likeness (QED) is 0.494. The number of hydrogen-bond acceptors (Lipinski definition) is 6. The van der Waals surface area contributed by atoms with Gasteiger partial charge in [0, 0.05) is 38.1 Å². The first-order valence-corrected chi connectivity index (χ1v) is 12.8. The molecule has 1 aliphatic heterocycles. The maximum absolute atomic E-state index is 13.6. The van der Waals surface area contributed by atoms with Crippen LogP contribution in [-0.2, 0) is 11.2 Å². The Hall–Kier alpha value is -4.04. The lowest BCUT2D eigenvalue weighted by molar-refractivity contribution is -0.130. The number of ether oxygens (including phenoxy) is 1. The molecule has 2 aromatic heterocycles. The van der Waals surface area contributed by atoms with Crippen molar-refractivity contribution in [2.45, 2.75) is 32.4 Å². The van der Waals surface area contributed by atoms with Gasteiger partial charge in [0.25, 0.3) is 5.91 Å². The highest BCUT2D eigenvalue weighted by atomic mass is 16.5. The lowest BCUT2D eigenvalue weighted by Gasteiger charge is -2.37. The summed E-state index contributed by atoms with van der Waals surface area (Å²) in [6.45, 7) is 4.34. The number of amides is 2. The third-order valence-electron chi connectivity index (χ3n) is 6.77. The number of fused-ring (bicyclic) bond motifs is 1. The first-order chi connectivity index (χ1) is 18.4. The van der Waals surface area contributed by atoms with Gasteiger partial charge in [-0.25, -0.2) is 4.98 Å². The molecule has 0 radical (unpaired) electrons. The summed E-state index contributed by atoms with van der Waals surface area (Å²) in [6.07, 6.45) is 8.73. The van der Waals surface area contributed by atoms with Crippen LogP contribution in [-0.4, -0.2) is 75.6 Å². The highest BCUT2D eigenvalue weighted by Gasteiger charge is 2.34. The summed E-state index contributed by atoms with van der Waals surface area (Å²) in [5.41, 5.74) is 2.97. The van der Waals surface area contributed by atoms with Crippen LogP contribution >= 0.6 is 0 Å². The minimum Gasteiger partial charge on any atom is -0.472 e. The van der Waals surface area contributed by atoms with Crippen molar-refractivity contribution >= 4 is 24.0 Å². The number of aromatic nitrogens is 2. The van der Waals surface area contributed by atoms with Crippen LogP contribution in [0.2, 0.25) is 0 Å². The Morgan fingerprint density at radius 2 is 1.95 bits per heavy atom. The van der Waals surface area contributed by atoms with Gasteiger partial charge in [0.1, 0.15) is 11.7 Å². The van der Waals surface area contributed by atoms with E-state index in [1.54, 1.807) is 41.5 Å². The lowest BCUT2D eigenvalue weighted by atomic mass is 9.99. The highest BCUT2D eigenvalue weighted by molar-refractivity contribution is 5.97. The normalized spacial score (nSPS) is 18.3. The van der Waals surface area contributed by atoms with Gasteiger partial charge >= 0.3 is 0 Å². The Morgan fingerprint density at radius 1 is 1.18 bits per heavy atom. The monoisotopic (exact) mass is 514 g/mol. The van der Waals surface area contributed by atoms with Crippen molar-refractivity contribution in [3.63, 3.8) is 0 Å². The molecule has 0 bridgehead atoms. The molecule has 3 atom stereocenters. The summed E-state index contributed by atoms with van der Waals surface area (Å²) in [6, 6.07) is 14.9. The van der Waals surface area contributed by atoms with E-state index in [0.29, 0.717) is 18.7 Å². The SMILES string of the molecule is C[C@@H]1CN([C@@H](C)CO)C(=O)c2cc(/C=C/c3ccccc3)cnc2O[C@H]1CN(C)C(=O)Cc1cccnc1. The molecule has 1 aliphatic rings. The van der Waals surface area contributed by atoms with Gasteiger partial charge in [0.05, 0.1) is 25.6 Å². The van der Waals surface area contributed by atoms with Gasteiger partial charge in [0.2, 0.25) is 11.8 Å². The largest absolute Gasteiger partial charge is 0.472 e. The average Bonchev–Trinajstić information content (AvgIpc) is 2.94. The zero-order chi connectivity index (χ0) is 27.1. The van der Waals surface area contributed by atoms with E-state index in [-0.39, 0.29) is 42.7 Å². The standard InChI is InChI=1S/C30H34N4O4/c1-21-18-34(22(2)20-35)30(37)26-14-25(12-11-23-8-5-4-6-9-23)17-32-29(26)38-27(21)19-33(3)28(36)15-24-10-7-13-31-16-24/h4-14,16-17,21-22,27,35H,15,18-20H2,1-3H3/b12-11+/t21-,22+,27+/m1/s1. The molecule has 198 valence electrons. The first-order valence-electron chi connectivity index (χ1n) is 12.8. The topological polar surface area (TPSA) is 95.9 Å². The minimum atomic E-state index is -0.406. The second kappa shape index (κ2) is 12.5. The first kappa shape index (κ1) is 27.0. The van der Waals surface area contributed by atoms with Gasteiger partial charge < -0.3 is 19.6 Å². The van der Waals surface area contributed by atoms with Crippen molar-refractivity contribution in [3.05, 3.63) is 89.4 Å². The van der Waals surface area contributed by atoms with Gasteiger partial charge in [-0.2, -0.15) is 0 Å². The van der Waals surface area contributed by atoms with Crippen LogP contribution in [0.4, 0.5) is 0 Å². The molecule has 8 nitrogen and oxygen atoms in total. The van der Waals surface area contributed by atoms with Crippen molar-refractivity contribution in [2.24, 2.45) is 5.92 Å². The second-order valence-electron chi connectivity index (χ2n) is 9.80. The molecule has 1 N–H and O–H groups in total. The fourth-order valence-electron chi connectivity index (χ4n) is 4.37. The van der Waals surface area contributed by atoms with Crippen LogP contribution in [0.15, 0.2) is 67.1 Å². The van der Waals surface area contributed by atoms with E-state index in [2.05, 4.69) is 9.97 Å². The smallest absolute Gasteiger partial charge is 0.259 e. The number of pyridine rings is 2. The van der Waals surface area contributed by atoms with Gasteiger partial charge in [0.15, 0.2) is 0 Å². The number of carbonyl (C=O) groups excluding carboxylic acids is 2. The third-order valence-corrected chi connectivity index (χ3v) is 6.77. The summed E-state index contributed by atoms with van der Waals surface area (Å²) in [5.74, 6) is -0.182. The molecule has 3 aromatic rings. The molecule has 4 rings (SSSR count). The Labute approximate surface area is 223 Å². The minimum absolute atomic E-state index is 0.0536. The Balaban J connectivity index is 1.59. The zero-order valence-corrected chi connectivity index (χ0v) is 22.0. The molecule has 0 saturated carbocycles. The Morgan fingerprint density at radius 3 is 2.66 bits per heavy atom. The van der Waals surface area contributed by atoms with Crippen LogP contribution in [0, 0.1) is 5.92 Å². The number of aliphatic hydroxyl groups excluding tert-OH is 1. The number of benzene rings is 1. The van der Waals surface area contributed by atoms with Crippen LogP contribution < -0.4 is 4.74 Å². The van der Waals surface area contributed by atoms with Gasteiger partial charge in [-0.15, -0.1) is 0 Å². The van der Waals surface area contributed by atoms with Crippen LogP contribution in [0.3, 0.4) is 0 Å². The molecule has 8 heteroatoms. The number of rotatable bonds is 8. The Kier molecular flexibility index (Phi) is 8.86. The highest BCUT2D eigenvalue weighted by Crippen LogP contribution is 2.28. The van der Waals surface area contributed by atoms with E-state index in [1.165, 1.54) is 0 Å². The Bertz CT molecular complexity index is 1270. The molecule has 0 spiro atoms. The van der Waals surface area contributed by atoms with Crippen molar-refractivity contribution < 1.29 is 19.4 Å². The molecule has 0 aliphatic carbocycles. The second-order valence-corrected chi connectivity index (χ2v) is 9.80. The lowest BCUT2D eigenvalue weighted by Crippen LogP contribution is -2.50. The molecule has 2 amide bonds. The molecular formula is C30H34N4O4. The summed E-state index contributed by atoms with van der Waals surface area (Å²) in [4.78, 5) is 38.4. The average molecular weight is 515 g/mol. The predicted octanol–water partition coefficient (Wildman–Crippen LogP) is 3.57. The van der Waals surface area contributed by atoms with Gasteiger partial charge in [-0.05, 0) is 35.7 Å². The third kappa shape index (κ3) is 6.63. The molecule has 0 unspecified atom stereocenters. The van der Waals surface area contributed by atoms with Crippen molar-refractivity contribution in [1.82, 2.24) is 19.8 Å². The molecule has 0 fully saturated rings. The van der Waals surface area contributed by atoms with Crippen LogP contribution in [0.1, 0.15) is 40.9 Å². The van der Waals surface area contributed by atoms with E-state index in [9.17, 15) is 14.7 Å². The van der Waals surface area contributed by atoms with Crippen molar-refractivity contribution in [1.29, 1.82) is 0 Å². The molecule has 0 saturated heterocycles. The number of hydrogen-bond donors (Lipinski definition) is 1. The number of aliphatic hydroxyl groups is 1. The number of nitrogens with zero attached hydrogens (tertiary/aromatic N) is 4. The van der Waals surface area contributed by atoms with Crippen molar-refractivity contribution in [3.8, 4) is 5.88 Å². The molecule has 1 aromatic carbocycles. The summed E-state index contributed by atoms with van der Waals surface area (Å²) in [5, 5.41) is 9.88. The van der Waals surface area contributed by atoms with Gasteiger partial charge in [-0.1, -0.05) is 55.5 Å². The maximum atomic E-state index is 13.6. The van der Waals surface area contributed by atoms with Crippen molar-refractivity contribution in [2.75, 3.05) is 26.7 Å². The molecular weight excluding hydrogens is 480 g/mol. The van der Waals surface area contributed by atoms with E-state index in [0.717, 1.165) is 16.7 Å². The van der Waals surface area contributed by atoms with Crippen LogP contribution in [0.5, 0.6) is 5.88 Å². The fraction of sp³-hybridized carbons (Fsp3) is 0.333. The zero-order valence-electron chi connectivity index (χ0n) is 22.0. The predicted molar refractivity (Wildman–Crippen MR) is 146 cm³/mol. The summed E-state index contributed by atoms with van der Waals surface area (Å²) < 4.78 is 6.32. The number of likely N-dealkylation sites (N-methyl/N-ethyl adjacent to an activating group) is 1.